The number of carboxylic acids is 1. The van der Waals surface area contributed by atoms with Gasteiger partial charge in [-0.15, -0.1) is 0 Å². The fourth-order valence-corrected chi connectivity index (χ4v) is 2.86. The summed E-state index contributed by atoms with van der Waals surface area (Å²) in [6.45, 7) is 1.04. The van der Waals surface area contributed by atoms with E-state index in [2.05, 4.69) is 28.8 Å². The standard InChI is InChI=1S/C16H19NO2/c18-16(19)9-8-14-10-13-6-1-2-7-15(13)17(14)11-12-4-3-5-12/h1-2,6-7,10,12H,3-5,8-9,11H2,(H,18,19). The zero-order valence-corrected chi connectivity index (χ0v) is 11.0. The highest BCUT2D eigenvalue weighted by atomic mass is 16.4. The molecule has 1 N–H and O–H groups in total. The van der Waals surface area contributed by atoms with Crippen LogP contribution in [0.25, 0.3) is 10.9 Å². The molecule has 0 atom stereocenters. The van der Waals surface area contributed by atoms with Gasteiger partial charge in [-0.05, 0) is 42.7 Å². The van der Waals surface area contributed by atoms with E-state index < -0.39 is 5.97 Å². The van der Waals surface area contributed by atoms with Crippen molar-refractivity contribution in [2.24, 2.45) is 5.92 Å². The lowest BCUT2D eigenvalue weighted by Gasteiger charge is -2.27. The lowest BCUT2D eigenvalue weighted by atomic mass is 9.85. The number of carbonyl (C=O) groups is 1. The van der Waals surface area contributed by atoms with Gasteiger partial charge in [-0.2, -0.15) is 0 Å². The maximum absolute atomic E-state index is 10.8. The van der Waals surface area contributed by atoms with Crippen LogP contribution in [0, 0.1) is 5.92 Å². The van der Waals surface area contributed by atoms with Gasteiger partial charge in [0.15, 0.2) is 0 Å². The van der Waals surface area contributed by atoms with E-state index in [-0.39, 0.29) is 6.42 Å². The summed E-state index contributed by atoms with van der Waals surface area (Å²) in [6.07, 6.45) is 4.79. The van der Waals surface area contributed by atoms with Crippen LogP contribution in [-0.4, -0.2) is 15.6 Å². The predicted octanol–water partition coefficient (Wildman–Crippen LogP) is 3.46. The third-order valence-electron chi connectivity index (χ3n) is 4.16. The number of carboxylic acid groups (broad SMARTS) is 1. The van der Waals surface area contributed by atoms with Crippen LogP contribution in [0.5, 0.6) is 0 Å². The Hall–Kier alpha value is -1.77. The number of benzene rings is 1. The largest absolute Gasteiger partial charge is 0.481 e. The van der Waals surface area contributed by atoms with E-state index in [1.54, 1.807) is 0 Å². The van der Waals surface area contributed by atoms with Gasteiger partial charge in [0, 0.05) is 17.8 Å². The lowest BCUT2D eigenvalue weighted by molar-refractivity contribution is -0.136. The third-order valence-corrected chi connectivity index (χ3v) is 4.16. The molecule has 3 heteroatoms. The summed E-state index contributed by atoms with van der Waals surface area (Å²) in [4.78, 5) is 10.8. The van der Waals surface area contributed by atoms with Crippen molar-refractivity contribution in [1.82, 2.24) is 4.57 Å². The molecule has 2 aromatic rings. The molecule has 0 aliphatic heterocycles. The predicted molar refractivity (Wildman–Crippen MR) is 75.2 cm³/mol. The van der Waals surface area contributed by atoms with E-state index in [1.165, 1.54) is 30.2 Å². The number of hydrogen-bond acceptors (Lipinski definition) is 1. The molecule has 1 saturated carbocycles. The van der Waals surface area contributed by atoms with Crippen molar-refractivity contribution in [2.45, 2.75) is 38.6 Å². The highest BCUT2D eigenvalue weighted by Gasteiger charge is 2.20. The van der Waals surface area contributed by atoms with Crippen molar-refractivity contribution >= 4 is 16.9 Å². The second kappa shape index (κ2) is 5.08. The van der Waals surface area contributed by atoms with Crippen LogP contribution < -0.4 is 0 Å². The summed E-state index contributed by atoms with van der Waals surface area (Å²) in [7, 11) is 0. The van der Waals surface area contributed by atoms with Gasteiger partial charge in [-0.3, -0.25) is 4.79 Å². The summed E-state index contributed by atoms with van der Waals surface area (Å²) in [5.41, 5.74) is 2.41. The summed E-state index contributed by atoms with van der Waals surface area (Å²) in [6, 6.07) is 10.5. The lowest BCUT2D eigenvalue weighted by Crippen LogP contribution is -2.19. The minimum atomic E-state index is -0.722. The second-order valence-electron chi connectivity index (χ2n) is 5.50. The highest BCUT2D eigenvalue weighted by molar-refractivity contribution is 5.81. The number of nitrogens with zero attached hydrogens (tertiary/aromatic N) is 1. The molecule has 1 aromatic heterocycles. The molecular formula is C16H19NO2. The molecule has 19 heavy (non-hydrogen) atoms. The third kappa shape index (κ3) is 2.50. The molecule has 3 rings (SSSR count). The zero-order chi connectivity index (χ0) is 13.2. The average molecular weight is 257 g/mol. The number of para-hydroxylation sites is 1. The Kier molecular flexibility index (Phi) is 3.28. The van der Waals surface area contributed by atoms with Crippen LogP contribution in [0.1, 0.15) is 31.4 Å². The summed E-state index contributed by atoms with van der Waals surface area (Å²) >= 11 is 0. The van der Waals surface area contributed by atoms with Crippen LogP contribution in [0.3, 0.4) is 0 Å². The van der Waals surface area contributed by atoms with Crippen LogP contribution in [-0.2, 0) is 17.8 Å². The van der Waals surface area contributed by atoms with Gasteiger partial charge < -0.3 is 9.67 Å². The second-order valence-corrected chi connectivity index (χ2v) is 5.50. The Bertz CT molecular complexity index is 596. The Morgan fingerprint density at radius 3 is 2.79 bits per heavy atom. The van der Waals surface area contributed by atoms with E-state index in [0.717, 1.165) is 18.2 Å². The van der Waals surface area contributed by atoms with Gasteiger partial charge in [-0.25, -0.2) is 0 Å². The first-order valence-electron chi connectivity index (χ1n) is 7.03. The monoisotopic (exact) mass is 257 g/mol. The highest BCUT2D eigenvalue weighted by Crippen LogP contribution is 2.31. The number of aromatic nitrogens is 1. The topological polar surface area (TPSA) is 42.2 Å². The van der Waals surface area contributed by atoms with Crippen molar-refractivity contribution in [3.63, 3.8) is 0 Å². The molecule has 3 nitrogen and oxygen atoms in total. The van der Waals surface area contributed by atoms with Crippen LogP contribution in [0.2, 0.25) is 0 Å². The Balaban J connectivity index is 1.93. The number of hydrogen-bond donors (Lipinski definition) is 1. The zero-order valence-electron chi connectivity index (χ0n) is 11.0. The molecule has 1 heterocycles. The van der Waals surface area contributed by atoms with Gasteiger partial charge in [0.25, 0.3) is 0 Å². The molecule has 0 saturated heterocycles. The van der Waals surface area contributed by atoms with Gasteiger partial charge in [0.2, 0.25) is 0 Å². The SMILES string of the molecule is O=C(O)CCc1cc2ccccc2n1CC1CCC1. The number of rotatable bonds is 5. The van der Waals surface area contributed by atoms with Crippen LogP contribution in [0.15, 0.2) is 30.3 Å². The minimum absolute atomic E-state index is 0.209. The molecule has 1 fully saturated rings. The number of fused-ring (bicyclic) bond motifs is 1. The van der Waals surface area contributed by atoms with Gasteiger partial charge >= 0.3 is 5.97 Å². The van der Waals surface area contributed by atoms with E-state index in [1.807, 2.05) is 6.07 Å². The normalized spacial score (nSPS) is 15.6. The molecule has 0 spiro atoms. The number of aryl methyl sites for hydroxylation is 1. The molecule has 1 aromatic carbocycles. The molecule has 0 bridgehead atoms. The Morgan fingerprint density at radius 2 is 2.11 bits per heavy atom. The Morgan fingerprint density at radius 1 is 1.32 bits per heavy atom. The molecule has 0 unspecified atom stereocenters. The van der Waals surface area contributed by atoms with Crippen molar-refractivity contribution in [3.8, 4) is 0 Å². The fraction of sp³-hybridized carbons (Fsp3) is 0.438. The summed E-state index contributed by atoms with van der Waals surface area (Å²) < 4.78 is 2.34. The maximum Gasteiger partial charge on any atom is 0.303 e. The van der Waals surface area contributed by atoms with E-state index >= 15 is 0 Å². The van der Waals surface area contributed by atoms with Gasteiger partial charge in [0.05, 0.1) is 6.42 Å². The van der Waals surface area contributed by atoms with E-state index in [9.17, 15) is 4.79 Å². The molecule has 1 aliphatic carbocycles. The molecule has 0 amide bonds. The van der Waals surface area contributed by atoms with E-state index in [0.29, 0.717) is 6.42 Å². The first-order valence-corrected chi connectivity index (χ1v) is 7.03. The average Bonchev–Trinajstić information content (AvgIpc) is 2.69. The summed E-state index contributed by atoms with van der Waals surface area (Å²) in [5.74, 6) is 0.0554. The summed E-state index contributed by atoms with van der Waals surface area (Å²) in [5, 5.41) is 10.1. The smallest absolute Gasteiger partial charge is 0.303 e. The molecular weight excluding hydrogens is 238 g/mol. The van der Waals surface area contributed by atoms with Gasteiger partial charge in [-0.1, -0.05) is 24.6 Å². The van der Waals surface area contributed by atoms with Crippen LogP contribution in [0.4, 0.5) is 0 Å². The van der Waals surface area contributed by atoms with Crippen molar-refractivity contribution in [3.05, 3.63) is 36.0 Å². The first kappa shape index (κ1) is 12.3. The molecule has 0 radical (unpaired) electrons. The fourth-order valence-electron chi connectivity index (χ4n) is 2.86. The van der Waals surface area contributed by atoms with Gasteiger partial charge in [0.1, 0.15) is 0 Å². The Labute approximate surface area is 112 Å². The minimum Gasteiger partial charge on any atom is -0.481 e. The quantitative estimate of drug-likeness (QED) is 0.891. The first-order chi connectivity index (χ1) is 9.24. The molecule has 1 aliphatic rings. The molecule has 100 valence electrons. The number of aliphatic carboxylic acids is 1. The van der Waals surface area contributed by atoms with Crippen molar-refractivity contribution in [2.75, 3.05) is 0 Å². The van der Waals surface area contributed by atoms with Crippen molar-refractivity contribution < 1.29 is 9.90 Å². The maximum atomic E-state index is 10.8. The van der Waals surface area contributed by atoms with Crippen molar-refractivity contribution in [1.29, 1.82) is 0 Å². The van der Waals surface area contributed by atoms with Crippen LogP contribution >= 0.6 is 0 Å². The van der Waals surface area contributed by atoms with E-state index in [4.69, 9.17) is 5.11 Å².